The lowest BCUT2D eigenvalue weighted by atomic mass is 10.7. The third-order valence-electron chi connectivity index (χ3n) is 0.990. The zero-order valence-electron chi connectivity index (χ0n) is 6.78. The van der Waals surface area contributed by atoms with Crippen LogP contribution in [-0.4, -0.2) is 38.1 Å². The van der Waals surface area contributed by atoms with Gasteiger partial charge in [0.2, 0.25) is 0 Å². The predicted octanol–water partition coefficient (Wildman–Crippen LogP) is 1.48. The summed E-state index contributed by atoms with van der Waals surface area (Å²) < 4.78 is 39.5. The van der Waals surface area contributed by atoms with Crippen molar-refractivity contribution < 1.29 is 17.9 Å². The fourth-order valence-electron chi connectivity index (χ4n) is 0.493. The van der Waals surface area contributed by atoms with E-state index < -0.39 is 5.51 Å². The van der Waals surface area contributed by atoms with E-state index in [2.05, 4.69) is 5.32 Å². The molecule has 0 aliphatic rings. The maximum Gasteiger partial charge on any atom is 0.441 e. The standard InChI is InChI=1S/C6H12F3NOS/c1-10-2-3-11-4-5-12-6(7,8)9/h10H,2-5H2,1H3. The monoisotopic (exact) mass is 203 g/mol. The van der Waals surface area contributed by atoms with E-state index in [1.54, 1.807) is 7.05 Å². The van der Waals surface area contributed by atoms with E-state index in [4.69, 9.17) is 4.74 Å². The largest absolute Gasteiger partial charge is 0.441 e. The van der Waals surface area contributed by atoms with E-state index in [0.29, 0.717) is 13.2 Å². The fourth-order valence-corrected chi connectivity index (χ4v) is 0.925. The third-order valence-corrected chi connectivity index (χ3v) is 1.69. The number of thioether (sulfide) groups is 1. The molecule has 0 fully saturated rings. The van der Waals surface area contributed by atoms with Crippen LogP contribution < -0.4 is 5.32 Å². The molecule has 0 aromatic heterocycles. The summed E-state index contributed by atoms with van der Waals surface area (Å²) in [6.45, 7) is 1.26. The molecule has 0 amide bonds. The van der Waals surface area contributed by atoms with Gasteiger partial charge in [-0.1, -0.05) is 0 Å². The minimum Gasteiger partial charge on any atom is -0.379 e. The average Bonchev–Trinajstić information content (AvgIpc) is 1.94. The van der Waals surface area contributed by atoms with Crippen LogP contribution in [0.3, 0.4) is 0 Å². The molecule has 12 heavy (non-hydrogen) atoms. The van der Waals surface area contributed by atoms with Gasteiger partial charge in [-0.3, -0.25) is 0 Å². The van der Waals surface area contributed by atoms with Gasteiger partial charge in [0, 0.05) is 12.3 Å². The molecule has 74 valence electrons. The van der Waals surface area contributed by atoms with Gasteiger partial charge in [0.1, 0.15) is 0 Å². The molecule has 0 saturated heterocycles. The lowest BCUT2D eigenvalue weighted by molar-refractivity contribution is -0.0331. The molecule has 0 spiro atoms. The first-order valence-electron chi connectivity index (χ1n) is 3.49. The Hall–Kier alpha value is 0.0600. The van der Waals surface area contributed by atoms with E-state index in [9.17, 15) is 13.2 Å². The van der Waals surface area contributed by atoms with Gasteiger partial charge in [0.05, 0.1) is 13.2 Å². The fraction of sp³-hybridized carbons (Fsp3) is 1.00. The van der Waals surface area contributed by atoms with Crippen LogP contribution in [0.2, 0.25) is 0 Å². The molecule has 0 aliphatic heterocycles. The highest BCUT2D eigenvalue weighted by Gasteiger charge is 2.27. The first-order chi connectivity index (χ1) is 5.56. The van der Waals surface area contributed by atoms with Crippen molar-refractivity contribution in [3.05, 3.63) is 0 Å². The third kappa shape index (κ3) is 10.1. The number of ether oxygens (including phenoxy) is 1. The van der Waals surface area contributed by atoms with Gasteiger partial charge in [0.15, 0.2) is 0 Å². The van der Waals surface area contributed by atoms with Crippen LogP contribution >= 0.6 is 11.8 Å². The van der Waals surface area contributed by atoms with E-state index >= 15 is 0 Å². The second-order valence-electron chi connectivity index (χ2n) is 2.01. The molecule has 0 aromatic carbocycles. The van der Waals surface area contributed by atoms with Gasteiger partial charge >= 0.3 is 5.51 Å². The SMILES string of the molecule is CNCCOCCSC(F)(F)F. The Labute approximate surface area is 73.8 Å². The van der Waals surface area contributed by atoms with Gasteiger partial charge in [-0.2, -0.15) is 13.2 Å². The van der Waals surface area contributed by atoms with E-state index in [1.807, 2.05) is 0 Å². The molecule has 6 heteroatoms. The summed E-state index contributed by atoms with van der Waals surface area (Å²) in [6.07, 6.45) is 0. The summed E-state index contributed by atoms with van der Waals surface area (Å²) >= 11 is -0.0538. The number of rotatable bonds is 6. The molecular formula is C6H12F3NOS. The molecule has 0 atom stereocenters. The highest BCUT2D eigenvalue weighted by Crippen LogP contribution is 2.29. The molecular weight excluding hydrogens is 191 g/mol. The maximum absolute atomic E-state index is 11.5. The van der Waals surface area contributed by atoms with Crippen LogP contribution in [0.1, 0.15) is 0 Å². The number of alkyl halides is 3. The molecule has 0 bridgehead atoms. The van der Waals surface area contributed by atoms with Crippen molar-refractivity contribution in [1.82, 2.24) is 5.32 Å². The first-order valence-corrected chi connectivity index (χ1v) is 4.48. The normalized spacial score (nSPS) is 12.0. The number of halogens is 3. The molecule has 0 saturated carbocycles. The van der Waals surface area contributed by atoms with Crippen molar-refractivity contribution in [2.75, 3.05) is 32.6 Å². The van der Waals surface area contributed by atoms with Crippen LogP contribution in [0.15, 0.2) is 0 Å². The number of nitrogens with one attached hydrogen (secondary N) is 1. The van der Waals surface area contributed by atoms with Crippen molar-refractivity contribution in [3.8, 4) is 0 Å². The van der Waals surface area contributed by atoms with Crippen LogP contribution in [0, 0.1) is 0 Å². The Morgan fingerprint density at radius 2 is 2.00 bits per heavy atom. The zero-order valence-corrected chi connectivity index (χ0v) is 7.60. The van der Waals surface area contributed by atoms with Crippen LogP contribution in [0.5, 0.6) is 0 Å². The Kier molecular flexibility index (Phi) is 6.60. The van der Waals surface area contributed by atoms with Crippen LogP contribution in [0.25, 0.3) is 0 Å². The quantitative estimate of drug-likeness (QED) is 0.661. The summed E-state index contributed by atoms with van der Waals surface area (Å²) in [7, 11) is 1.76. The number of hydrogen-bond donors (Lipinski definition) is 1. The van der Waals surface area contributed by atoms with Gasteiger partial charge in [-0.25, -0.2) is 0 Å². The zero-order chi connectivity index (χ0) is 9.45. The lowest BCUT2D eigenvalue weighted by Gasteiger charge is -2.05. The average molecular weight is 203 g/mol. The van der Waals surface area contributed by atoms with Crippen molar-refractivity contribution in [2.45, 2.75) is 5.51 Å². The molecule has 0 rings (SSSR count). The molecule has 0 heterocycles. The molecule has 2 nitrogen and oxygen atoms in total. The molecule has 1 N–H and O–H groups in total. The van der Waals surface area contributed by atoms with Crippen molar-refractivity contribution in [2.24, 2.45) is 0 Å². The van der Waals surface area contributed by atoms with Crippen molar-refractivity contribution >= 4 is 11.8 Å². The Morgan fingerprint density at radius 3 is 2.50 bits per heavy atom. The summed E-state index contributed by atoms with van der Waals surface area (Å²) in [5.74, 6) is -0.0345. The van der Waals surface area contributed by atoms with Gasteiger partial charge in [-0.05, 0) is 18.8 Å². The maximum atomic E-state index is 11.5. The van der Waals surface area contributed by atoms with Gasteiger partial charge in [0.25, 0.3) is 0 Å². The van der Waals surface area contributed by atoms with Crippen LogP contribution in [0.4, 0.5) is 13.2 Å². The van der Waals surface area contributed by atoms with Crippen LogP contribution in [-0.2, 0) is 4.74 Å². The highest BCUT2D eigenvalue weighted by molar-refractivity contribution is 8.00. The topological polar surface area (TPSA) is 21.3 Å². The Morgan fingerprint density at radius 1 is 1.33 bits per heavy atom. The van der Waals surface area contributed by atoms with Crippen molar-refractivity contribution in [1.29, 1.82) is 0 Å². The number of likely N-dealkylation sites (N-methyl/N-ethyl adjacent to an activating group) is 1. The lowest BCUT2D eigenvalue weighted by Crippen LogP contribution is -2.15. The summed E-state index contributed by atoms with van der Waals surface area (Å²) in [5, 5.41) is 2.82. The van der Waals surface area contributed by atoms with Gasteiger partial charge < -0.3 is 10.1 Å². The number of hydrogen-bond acceptors (Lipinski definition) is 3. The minimum atomic E-state index is -4.13. The second kappa shape index (κ2) is 6.56. The van der Waals surface area contributed by atoms with Gasteiger partial charge in [-0.15, -0.1) is 0 Å². The second-order valence-corrected chi connectivity index (χ2v) is 3.17. The molecule has 0 aliphatic carbocycles. The summed E-state index contributed by atoms with van der Waals surface area (Å²) in [5.41, 5.74) is -4.13. The van der Waals surface area contributed by atoms with E-state index in [-0.39, 0.29) is 24.1 Å². The molecule has 0 aromatic rings. The summed E-state index contributed by atoms with van der Waals surface area (Å²) in [4.78, 5) is 0. The van der Waals surface area contributed by atoms with E-state index in [0.717, 1.165) is 0 Å². The first kappa shape index (κ1) is 12.1. The smallest absolute Gasteiger partial charge is 0.379 e. The minimum absolute atomic E-state index is 0.0345. The Balaban J connectivity index is 3.01. The van der Waals surface area contributed by atoms with Crippen molar-refractivity contribution in [3.63, 3.8) is 0 Å². The molecule has 0 unspecified atom stereocenters. The molecule has 0 radical (unpaired) electrons. The predicted molar refractivity (Wildman–Crippen MR) is 43.3 cm³/mol. The highest BCUT2D eigenvalue weighted by atomic mass is 32.2. The Bertz CT molecular complexity index is 109. The van der Waals surface area contributed by atoms with E-state index in [1.165, 1.54) is 0 Å². The summed E-state index contributed by atoms with van der Waals surface area (Å²) in [6, 6.07) is 0.